The fraction of sp³-hybridized carbons (Fsp3) is 0. The van der Waals surface area contributed by atoms with Gasteiger partial charge in [0.05, 0.1) is 0 Å². The molecule has 0 saturated heterocycles. The molecule has 0 heterocycles. The van der Waals surface area contributed by atoms with Crippen molar-refractivity contribution in [2.24, 2.45) is 0 Å². The topological polar surface area (TPSA) is 0 Å². The van der Waals surface area contributed by atoms with Crippen molar-refractivity contribution in [1.29, 1.82) is 0 Å². The van der Waals surface area contributed by atoms with Crippen molar-refractivity contribution in [1.82, 2.24) is 0 Å². The Hall–Kier alpha value is -0.552. The van der Waals surface area contributed by atoms with E-state index in [2.05, 4.69) is 91.0 Å². The summed E-state index contributed by atoms with van der Waals surface area (Å²) in [7, 11) is 0. The van der Waals surface area contributed by atoms with Crippen molar-refractivity contribution in [3.63, 3.8) is 0 Å². The first-order valence-electron chi connectivity index (χ1n) is 7.07. The van der Waals surface area contributed by atoms with Crippen LogP contribution < -0.4 is 10.4 Å². The zero-order valence-corrected chi connectivity index (χ0v) is 17.0. The maximum atomic E-state index is 2.34. The van der Waals surface area contributed by atoms with Crippen molar-refractivity contribution in [2.45, 2.75) is 0 Å². The molecule has 0 N–H and O–H groups in total. The van der Waals surface area contributed by atoms with Gasteiger partial charge in [0.25, 0.3) is 0 Å². The number of hydrogen-bond donors (Lipinski definition) is 0. The molecule has 2 heteroatoms. The van der Waals surface area contributed by atoms with Crippen LogP contribution in [-0.4, -0.2) is 44.9 Å². The van der Waals surface area contributed by atoms with Gasteiger partial charge < -0.3 is 0 Å². The van der Waals surface area contributed by atoms with Crippen molar-refractivity contribution in [3.8, 4) is 0 Å². The molecule has 0 nitrogen and oxygen atoms in total. The molecule has 94 valence electrons. The van der Waals surface area contributed by atoms with Crippen LogP contribution in [0, 0.1) is 0 Å². The SMILES string of the molecule is c1cc[c]([Ba][SiH](c2ccccc2)c2ccccc2)cc1. The van der Waals surface area contributed by atoms with Gasteiger partial charge in [0.2, 0.25) is 0 Å². The third-order valence-corrected chi connectivity index (χ3v) is 25.6. The van der Waals surface area contributed by atoms with Crippen LogP contribution in [0.25, 0.3) is 0 Å². The molecular weight excluding hydrogens is 382 g/mol. The van der Waals surface area contributed by atoms with E-state index in [1.54, 1.807) is 10.4 Å². The molecule has 0 atom stereocenters. The molecule has 0 unspecified atom stereocenters. The molecule has 0 saturated carbocycles. The fourth-order valence-corrected chi connectivity index (χ4v) is 23.0. The molecule has 0 radical (unpaired) electrons. The Balaban J connectivity index is 1.96. The summed E-state index contributed by atoms with van der Waals surface area (Å²) in [6, 6.07) is 33.6. The van der Waals surface area contributed by atoms with E-state index in [9.17, 15) is 0 Å². The van der Waals surface area contributed by atoms with Crippen LogP contribution >= 0.6 is 0 Å². The molecule has 3 rings (SSSR count). The van der Waals surface area contributed by atoms with Gasteiger partial charge in [-0.1, -0.05) is 0 Å². The second-order valence-electron chi connectivity index (χ2n) is 5.06. The van der Waals surface area contributed by atoms with Crippen LogP contribution in [0.3, 0.4) is 0 Å². The van der Waals surface area contributed by atoms with E-state index < -0.39 is 44.9 Å². The van der Waals surface area contributed by atoms with Crippen molar-refractivity contribution < 1.29 is 0 Å². The van der Waals surface area contributed by atoms with Gasteiger partial charge in [0.1, 0.15) is 0 Å². The summed E-state index contributed by atoms with van der Waals surface area (Å²) in [4.78, 5) is 0. The van der Waals surface area contributed by atoms with E-state index in [0.29, 0.717) is 0 Å². The molecule has 0 amide bonds. The van der Waals surface area contributed by atoms with Crippen LogP contribution in [0.5, 0.6) is 0 Å². The van der Waals surface area contributed by atoms with Gasteiger partial charge in [-0.2, -0.15) is 0 Å². The summed E-state index contributed by atoms with van der Waals surface area (Å²) in [5.41, 5.74) is 0. The number of benzene rings is 3. The Bertz CT molecular complexity index is 599. The van der Waals surface area contributed by atoms with Crippen LogP contribution in [-0.2, 0) is 0 Å². The molecular formula is C18H16BaSi. The molecule has 0 aliphatic carbocycles. The minimum absolute atomic E-state index is 0.955. The standard InChI is InChI=1S/C12H11Si.C6H5.Ba/c1-3-7-11(8-4-1)13-12-9-5-2-6-10-12;1-2-4-6-5-3-1;/h1-10,13H;1-5H;. The predicted octanol–water partition coefficient (Wildman–Crippen LogP) is 1.55. The Kier molecular flexibility index (Phi) is 5.36. The van der Waals surface area contributed by atoms with E-state index in [1.165, 1.54) is 0 Å². The quantitative estimate of drug-likeness (QED) is 0.586. The van der Waals surface area contributed by atoms with Gasteiger partial charge in [-0.3, -0.25) is 0 Å². The fourth-order valence-electron chi connectivity index (χ4n) is 2.65. The maximum absolute atomic E-state index is 2.34. The summed E-state index contributed by atoms with van der Waals surface area (Å²) in [5.74, 6) is 0. The zero-order chi connectivity index (χ0) is 13.6. The minimum atomic E-state index is -1.11. The van der Waals surface area contributed by atoms with E-state index >= 15 is 0 Å². The van der Waals surface area contributed by atoms with Crippen molar-refractivity contribution in [3.05, 3.63) is 91.0 Å². The molecule has 0 fully saturated rings. The Morgan fingerprint density at radius 2 is 0.900 bits per heavy atom. The third-order valence-electron chi connectivity index (χ3n) is 3.69. The molecule has 0 aliphatic rings. The van der Waals surface area contributed by atoms with Gasteiger partial charge in [0.15, 0.2) is 0 Å². The Morgan fingerprint density at radius 3 is 1.35 bits per heavy atom. The van der Waals surface area contributed by atoms with Gasteiger partial charge >= 0.3 is 146 Å². The van der Waals surface area contributed by atoms with Crippen LogP contribution in [0.1, 0.15) is 0 Å². The van der Waals surface area contributed by atoms with Crippen LogP contribution in [0.4, 0.5) is 0 Å². The molecule has 0 spiro atoms. The first kappa shape index (κ1) is 14.4. The average Bonchev–Trinajstić information content (AvgIpc) is 2.55. The molecule has 0 bridgehead atoms. The molecule has 20 heavy (non-hydrogen) atoms. The van der Waals surface area contributed by atoms with E-state index in [-0.39, 0.29) is 0 Å². The first-order chi connectivity index (χ1) is 9.93. The monoisotopic (exact) mass is 398 g/mol. The van der Waals surface area contributed by atoms with E-state index in [1.807, 2.05) is 0 Å². The summed E-state index contributed by atoms with van der Waals surface area (Å²) in [6.07, 6.45) is 0. The normalized spacial score (nSPS) is 10.2. The molecule has 3 aromatic rings. The first-order valence-corrected chi connectivity index (χ1v) is 19.0. The number of rotatable bonds is 4. The van der Waals surface area contributed by atoms with Gasteiger partial charge in [-0.15, -0.1) is 0 Å². The van der Waals surface area contributed by atoms with Crippen LogP contribution in [0.2, 0.25) is 0 Å². The van der Waals surface area contributed by atoms with Gasteiger partial charge in [0, 0.05) is 0 Å². The Morgan fingerprint density at radius 1 is 0.500 bits per heavy atom. The number of hydrogen-bond acceptors (Lipinski definition) is 0. The third kappa shape index (κ3) is 3.76. The second kappa shape index (κ2) is 7.45. The Labute approximate surface area is 144 Å². The summed E-state index contributed by atoms with van der Waals surface area (Å²) in [6.45, 7) is 0. The van der Waals surface area contributed by atoms with Crippen molar-refractivity contribution >= 4 is 55.3 Å². The summed E-state index contributed by atoms with van der Waals surface area (Å²) < 4.78 is 0.709. The average molecular weight is 398 g/mol. The molecule has 0 aromatic heterocycles. The van der Waals surface area contributed by atoms with E-state index in [4.69, 9.17) is 0 Å². The second-order valence-corrected chi connectivity index (χ2v) is 22.0. The van der Waals surface area contributed by atoms with Crippen LogP contribution in [0.15, 0.2) is 91.0 Å². The van der Waals surface area contributed by atoms with Crippen molar-refractivity contribution in [2.75, 3.05) is 0 Å². The predicted molar refractivity (Wildman–Crippen MR) is 91.1 cm³/mol. The molecule has 0 aliphatic heterocycles. The van der Waals surface area contributed by atoms with Gasteiger partial charge in [-0.25, -0.2) is 0 Å². The summed E-state index contributed by atoms with van der Waals surface area (Å²) in [5, 5.41) is 3.23. The zero-order valence-electron chi connectivity index (χ0n) is 11.4. The van der Waals surface area contributed by atoms with Gasteiger partial charge in [-0.05, 0) is 0 Å². The molecule has 3 aromatic carbocycles. The summed E-state index contributed by atoms with van der Waals surface area (Å²) >= 11 is -1.11. The van der Waals surface area contributed by atoms with E-state index in [0.717, 1.165) is 0 Å².